The van der Waals surface area contributed by atoms with Gasteiger partial charge in [-0.25, -0.2) is 9.37 Å². The zero-order valence-corrected chi connectivity index (χ0v) is 9.77. The molecule has 0 aliphatic carbocycles. The number of aliphatic hydroxyl groups is 1. The van der Waals surface area contributed by atoms with Crippen LogP contribution in [0.2, 0.25) is 0 Å². The van der Waals surface area contributed by atoms with Gasteiger partial charge >= 0.3 is 0 Å². The second kappa shape index (κ2) is 5.39. The molecule has 98 valence electrons. The van der Waals surface area contributed by atoms with Crippen LogP contribution in [0.25, 0.3) is 0 Å². The molecule has 1 aliphatic heterocycles. The van der Waals surface area contributed by atoms with Gasteiger partial charge in [0.2, 0.25) is 5.95 Å². The number of amides is 1. The van der Waals surface area contributed by atoms with Crippen LogP contribution in [0.4, 0.5) is 8.78 Å². The van der Waals surface area contributed by atoms with Gasteiger partial charge in [-0.2, -0.15) is 4.39 Å². The SMILES string of the molecule is O=C(c1ccnc(F)c1F)N1CCCC1CCO. The van der Waals surface area contributed by atoms with Crippen LogP contribution in [0.3, 0.4) is 0 Å². The predicted octanol–water partition coefficient (Wildman–Crippen LogP) is 1.35. The Hall–Kier alpha value is -1.56. The van der Waals surface area contributed by atoms with Gasteiger partial charge in [0.25, 0.3) is 5.91 Å². The first-order chi connectivity index (χ1) is 8.65. The maximum Gasteiger partial charge on any atom is 0.257 e. The number of hydrogen-bond donors (Lipinski definition) is 1. The fourth-order valence-electron chi connectivity index (χ4n) is 2.29. The highest BCUT2D eigenvalue weighted by atomic mass is 19.2. The third-order valence-corrected chi connectivity index (χ3v) is 3.18. The summed E-state index contributed by atoms with van der Waals surface area (Å²) in [5.41, 5.74) is -0.299. The summed E-state index contributed by atoms with van der Waals surface area (Å²) in [5.74, 6) is -3.01. The smallest absolute Gasteiger partial charge is 0.257 e. The van der Waals surface area contributed by atoms with E-state index in [-0.39, 0.29) is 18.2 Å². The maximum absolute atomic E-state index is 13.5. The molecule has 18 heavy (non-hydrogen) atoms. The first kappa shape index (κ1) is 12.9. The molecule has 0 bridgehead atoms. The van der Waals surface area contributed by atoms with Gasteiger partial charge in [-0.1, -0.05) is 0 Å². The van der Waals surface area contributed by atoms with E-state index in [9.17, 15) is 13.6 Å². The highest BCUT2D eigenvalue weighted by Gasteiger charge is 2.30. The second-order valence-electron chi connectivity index (χ2n) is 4.27. The molecule has 6 heteroatoms. The summed E-state index contributed by atoms with van der Waals surface area (Å²) in [5, 5.41) is 8.91. The summed E-state index contributed by atoms with van der Waals surface area (Å²) >= 11 is 0. The lowest BCUT2D eigenvalue weighted by Crippen LogP contribution is -2.36. The van der Waals surface area contributed by atoms with E-state index in [4.69, 9.17) is 5.11 Å². The zero-order valence-electron chi connectivity index (χ0n) is 9.77. The molecule has 0 spiro atoms. The molecular formula is C12H14F2N2O2. The number of hydrogen-bond acceptors (Lipinski definition) is 3. The number of halogens is 2. The lowest BCUT2D eigenvalue weighted by molar-refractivity contribution is 0.0710. The standard InChI is InChI=1S/C12H14F2N2O2/c13-10-9(3-5-15-11(10)14)12(18)16-6-1-2-8(16)4-7-17/h3,5,8,17H,1-2,4,6-7H2. The van der Waals surface area contributed by atoms with Crippen LogP contribution in [0.15, 0.2) is 12.3 Å². The summed E-state index contributed by atoms with van der Waals surface area (Å²) in [6, 6.07) is 1.08. The Bertz CT molecular complexity index is 454. The lowest BCUT2D eigenvalue weighted by Gasteiger charge is -2.24. The van der Waals surface area contributed by atoms with Crippen molar-refractivity contribution in [1.82, 2.24) is 9.88 Å². The number of aliphatic hydroxyl groups excluding tert-OH is 1. The van der Waals surface area contributed by atoms with Crippen LogP contribution < -0.4 is 0 Å². The number of likely N-dealkylation sites (tertiary alicyclic amines) is 1. The number of aromatic nitrogens is 1. The number of pyridine rings is 1. The number of carbonyl (C=O) groups excluding carboxylic acids is 1. The van der Waals surface area contributed by atoms with Crippen molar-refractivity contribution in [3.8, 4) is 0 Å². The monoisotopic (exact) mass is 256 g/mol. The van der Waals surface area contributed by atoms with Gasteiger partial charge in [0.15, 0.2) is 5.82 Å². The molecule has 1 aromatic rings. The topological polar surface area (TPSA) is 53.4 Å². The van der Waals surface area contributed by atoms with E-state index in [2.05, 4.69) is 4.98 Å². The molecular weight excluding hydrogens is 242 g/mol. The quantitative estimate of drug-likeness (QED) is 0.830. The van der Waals surface area contributed by atoms with Crippen LogP contribution in [-0.4, -0.2) is 40.1 Å². The summed E-state index contributed by atoms with van der Waals surface area (Å²) in [7, 11) is 0. The van der Waals surface area contributed by atoms with Crippen molar-refractivity contribution in [2.24, 2.45) is 0 Å². The van der Waals surface area contributed by atoms with Crippen molar-refractivity contribution in [2.45, 2.75) is 25.3 Å². The highest BCUT2D eigenvalue weighted by molar-refractivity contribution is 5.94. The third-order valence-electron chi connectivity index (χ3n) is 3.18. The molecule has 1 fully saturated rings. The van der Waals surface area contributed by atoms with Crippen LogP contribution in [-0.2, 0) is 0 Å². The normalized spacial score (nSPS) is 19.3. The van der Waals surface area contributed by atoms with Crippen molar-refractivity contribution in [3.63, 3.8) is 0 Å². The lowest BCUT2D eigenvalue weighted by atomic mass is 10.1. The van der Waals surface area contributed by atoms with E-state index < -0.39 is 17.7 Å². The molecule has 2 heterocycles. The van der Waals surface area contributed by atoms with Gasteiger partial charge in [-0.05, 0) is 25.3 Å². The van der Waals surface area contributed by atoms with Crippen molar-refractivity contribution in [2.75, 3.05) is 13.2 Å². The van der Waals surface area contributed by atoms with E-state index >= 15 is 0 Å². The fourth-order valence-corrected chi connectivity index (χ4v) is 2.29. The minimum absolute atomic E-state index is 0.0262. The van der Waals surface area contributed by atoms with E-state index in [1.165, 1.54) is 11.0 Å². The predicted molar refractivity (Wildman–Crippen MR) is 59.9 cm³/mol. The summed E-state index contributed by atoms with van der Waals surface area (Å²) < 4.78 is 26.5. The maximum atomic E-state index is 13.5. The van der Waals surface area contributed by atoms with Gasteiger partial charge in [0.05, 0.1) is 5.56 Å². The van der Waals surface area contributed by atoms with Crippen LogP contribution in [0.1, 0.15) is 29.6 Å². The molecule has 0 radical (unpaired) electrons. The van der Waals surface area contributed by atoms with Gasteiger partial charge in [-0.15, -0.1) is 0 Å². The Labute approximate surface area is 103 Å². The number of rotatable bonds is 3. The van der Waals surface area contributed by atoms with E-state index in [1.54, 1.807) is 0 Å². The first-order valence-corrected chi connectivity index (χ1v) is 5.87. The van der Waals surface area contributed by atoms with E-state index in [1.807, 2.05) is 0 Å². The second-order valence-corrected chi connectivity index (χ2v) is 4.27. The Balaban J connectivity index is 2.23. The summed E-state index contributed by atoms with van der Waals surface area (Å²) in [6.45, 7) is 0.481. The Morgan fingerprint density at radius 2 is 2.33 bits per heavy atom. The molecule has 1 N–H and O–H groups in total. The fraction of sp³-hybridized carbons (Fsp3) is 0.500. The molecule has 1 saturated heterocycles. The molecule has 1 aliphatic rings. The Kier molecular flexibility index (Phi) is 3.86. The molecule has 2 rings (SSSR count). The minimum Gasteiger partial charge on any atom is -0.396 e. The Morgan fingerprint density at radius 1 is 1.56 bits per heavy atom. The summed E-state index contributed by atoms with van der Waals surface area (Å²) in [6.07, 6.45) is 3.12. The zero-order chi connectivity index (χ0) is 13.1. The van der Waals surface area contributed by atoms with E-state index in [0.29, 0.717) is 13.0 Å². The van der Waals surface area contributed by atoms with Crippen LogP contribution in [0, 0.1) is 11.8 Å². The molecule has 1 aromatic heterocycles. The van der Waals surface area contributed by atoms with Crippen molar-refractivity contribution in [1.29, 1.82) is 0 Å². The average molecular weight is 256 g/mol. The van der Waals surface area contributed by atoms with E-state index in [0.717, 1.165) is 19.0 Å². The van der Waals surface area contributed by atoms with Gasteiger partial charge in [0.1, 0.15) is 0 Å². The molecule has 0 saturated carbocycles. The Morgan fingerprint density at radius 3 is 3.06 bits per heavy atom. The molecule has 1 atom stereocenters. The first-order valence-electron chi connectivity index (χ1n) is 5.87. The number of carbonyl (C=O) groups is 1. The van der Waals surface area contributed by atoms with Gasteiger partial charge in [-0.3, -0.25) is 4.79 Å². The van der Waals surface area contributed by atoms with Gasteiger partial charge in [0, 0.05) is 25.4 Å². The van der Waals surface area contributed by atoms with Crippen molar-refractivity contribution in [3.05, 3.63) is 29.6 Å². The van der Waals surface area contributed by atoms with Crippen LogP contribution >= 0.6 is 0 Å². The van der Waals surface area contributed by atoms with Crippen molar-refractivity contribution < 1.29 is 18.7 Å². The highest BCUT2D eigenvalue weighted by Crippen LogP contribution is 2.23. The molecule has 1 amide bonds. The number of nitrogens with zero attached hydrogens (tertiary/aromatic N) is 2. The average Bonchev–Trinajstić information content (AvgIpc) is 2.80. The van der Waals surface area contributed by atoms with Gasteiger partial charge < -0.3 is 10.0 Å². The molecule has 4 nitrogen and oxygen atoms in total. The molecule has 1 unspecified atom stereocenters. The largest absolute Gasteiger partial charge is 0.396 e. The third kappa shape index (κ3) is 2.33. The minimum atomic E-state index is -1.27. The summed E-state index contributed by atoms with van der Waals surface area (Å²) in [4.78, 5) is 16.8. The van der Waals surface area contributed by atoms with Crippen LogP contribution in [0.5, 0.6) is 0 Å². The van der Waals surface area contributed by atoms with Crippen molar-refractivity contribution >= 4 is 5.91 Å². The molecule has 0 aromatic carbocycles.